The topological polar surface area (TPSA) is 71.3 Å². The van der Waals surface area contributed by atoms with E-state index in [4.69, 9.17) is 5.11 Å². The molecule has 0 unspecified atom stereocenters. The fraction of sp³-hybridized carbons (Fsp3) is 0.400. The number of hydrogen-bond acceptors (Lipinski definition) is 2. The Morgan fingerprint density at radius 1 is 1.53 bits per heavy atom. The maximum absolute atomic E-state index is 11.4. The van der Waals surface area contributed by atoms with Crippen LogP contribution in [0.3, 0.4) is 0 Å². The van der Waals surface area contributed by atoms with Crippen LogP contribution in [0.5, 0.6) is 0 Å². The first kappa shape index (κ1) is 11.3. The summed E-state index contributed by atoms with van der Waals surface area (Å²) < 4.78 is 1.88. The number of carboxylic acid groups (broad SMARTS) is 1. The van der Waals surface area contributed by atoms with Gasteiger partial charge >= 0.3 is 5.97 Å². The molecular weight excluding hydrogens is 196 g/mol. The zero-order valence-electron chi connectivity index (χ0n) is 8.56. The Bertz CT molecular complexity index is 357. The molecule has 0 saturated heterocycles. The van der Waals surface area contributed by atoms with Crippen LogP contribution in [0.1, 0.15) is 23.7 Å². The molecule has 0 fully saturated rings. The largest absolute Gasteiger partial charge is 0.481 e. The van der Waals surface area contributed by atoms with E-state index in [1.165, 1.54) is 0 Å². The van der Waals surface area contributed by atoms with Gasteiger partial charge in [-0.25, -0.2) is 0 Å². The average Bonchev–Trinajstić information content (AvgIpc) is 2.65. The van der Waals surface area contributed by atoms with E-state index < -0.39 is 5.97 Å². The van der Waals surface area contributed by atoms with Gasteiger partial charge in [0, 0.05) is 25.5 Å². The summed E-state index contributed by atoms with van der Waals surface area (Å²) in [7, 11) is 0. The number of aromatic nitrogens is 1. The second-order valence-electron chi connectivity index (χ2n) is 3.13. The number of carboxylic acids is 1. The van der Waals surface area contributed by atoms with Crippen LogP contribution in [0.4, 0.5) is 0 Å². The van der Waals surface area contributed by atoms with Gasteiger partial charge in [0.1, 0.15) is 0 Å². The van der Waals surface area contributed by atoms with Crippen molar-refractivity contribution in [2.75, 3.05) is 6.54 Å². The zero-order chi connectivity index (χ0) is 11.3. The van der Waals surface area contributed by atoms with Gasteiger partial charge in [-0.15, -0.1) is 0 Å². The summed E-state index contributed by atoms with van der Waals surface area (Å²) in [6, 6.07) is 1.71. The molecule has 1 aromatic heterocycles. The number of carbonyl (C=O) groups excluding carboxylic acids is 1. The standard InChI is InChI=1S/C10H14N2O3/c1-2-12-6-4-8(7-12)10(15)11-5-3-9(13)14/h4,6-7H,2-3,5H2,1H3,(H,11,15)(H,13,14). The summed E-state index contributed by atoms with van der Waals surface area (Å²) in [4.78, 5) is 21.7. The molecule has 0 aromatic carbocycles. The molecule has 5 heteroatoms. The smallest absolute Gasteiger partial charge is 0.305 e. The predicted octanol–water partition coefficient (Wildman–Crippen LogP) is 0.712. The van der Waals surface area contributed by atoms with Crippen molar-refractivity contribution < 1.29 is 14.7 Å². The zero-order valence-corrected chi connectivity index (χ0v) is 8.56. The lowest BCUT2D eigenvalue weighted by molar-refractivity contribution is -0.136. The summed E-state index contributed by atoms with van der Waals surface area (Å²) in [6.45, 7) is 2.94. The third-order valence-electron chi connectivity index (χ3n) is 2.00. The average molecular weight is 210 g/mol. The van der Waals surface area contributed by atoms with Crippen molar-refractivity contribution in [1.82, 2.24) is 9.88 Å². The van der Waals surface area contributed by atoms with Gasteiger partial charge in [0.2, 0.25) is 0 Å². The molecule has 0 aliphatic rings. The van der Waals surface area contributed by atoms with Crippen LogP contribution in [0.15, 0.2) is 18.5 Å². The summed E-state index contributed by atoms with van der Waals surface area (Å²) in [5.74, 6) is -1.15. The highest BCUT2D eigenvalue weighted by Gasteiger charge is 2.06. The molecule has 0 saturated carbocycles. The lowest BCUT2D eigenvalue weighted by Gasteiger charge is -2.00. The van der Waals surface area contributed by atoms with Crippen LogP contribution < -0.4 is 5.32 Å². The van der Waals surface area contributed by atoms with E-state index in [9.17, 15) is 9.59 Å². The van der Waals surface area contributed by atoms with Gasteiger partial charge in [-0.1, -0.05) is 0 Å². The van der Waals surface area contributed by atoms with E-state index >= 15 is 0 Å². The van der Waals surface area contributed by atoms with Crippen molar-refractivity contribution in [3.63, 3.8) is 0 Å². The Labute approximate surface area is 87.7 Å². The summed E-state index contributed by atoms with van der Waals surface area (Å²) in [5, 5.41) is 10.9. The molecule has 15 heavy (non-hydrogen) atoms. The van der Waals surface area contributed by atoms with Gasteiger partial charge in [0.25, 0.3) is 5.91 Å². The van der Waals surface area contributed by atoms with E-state index in [0.29, 0.717) is 5.56 Å². The predicted molar refractivity (Wildman–Crippen MR) is 54.7 cm³/mol. The first-order chi connectivity index (χ1) is 7.13. The molecular formula is C10H14N2O3. The number of rotatable bonds is 5. The van der Waals surface area contributed by atoms with Gasteiger partial charge in [-0.05, 0) is 13.0 Å². The van der Waals surface area contributed by atoms with Crippen molar-refractivity contribution in [2.45, 2.75) is 19.9 Å². The first-order valence-corrected chi connectivity index (χ1v) is 4.79. The summed E-state index contributed by atoms with van der Waals surface area (Å²) >= 11 is 0. The molecule has 0 atom stereocenters. The SMILES string of the molecule is CCn1ccc(C(=O)NCCC(=O)O)c1. The van der Waals surface area contributed by atoms with Crippen molar-refractivity contribution in [3.8, 4) is 0 Å². The molecule has 0 radical (unpaired) electrons. The van der Waals surface area contributed by atoms with E-state index in [2.05, 4.69) is 5.32 Å². The number of hydrogen-bond donors (Lipinski definition) is 2. The minimum atomic E-state index is -0.915. The van der Waals surface area contributed by atoms with Crippen LogP contribution in [0, 0.1) is 0 Å². The molecule has 1 rings (SSSR count). The normalized spacial score (nSPS) is 9.93. The maximum atomic E-state index is 11.4. The first-order valence-electron chi connectivity index (χ1n) is 4.79. The van der Waals surface area contributed by atoms with Gasteiger partial charge in [-0.2, -0.15) is 0 Å². The van der Waals surface area contributed by atoms with Gasteiger partial charge in [0.15, 0.2) is 0 Å². The monoisotopic (exact) mass is 210 g/mol. The molecule has 0 aliphatic heterocycles. The Kier molecular flexibility index (Phi) is 3.91. The van der Waals surface area contributed by atoms with Crippen LogP contribution in [0.2, 0.25) is 0 Å². The number of amides is 1. The van der Waals surface area contributed by atoms with E-state index in [1.54, 1.807) is 12.3 Å². The summed E-state index contributed by atoms with van der Waals surface area (Å²) in [5.41, 5.74) is 0.558. The third kappa shape index (κ3) is 3.46. The van der Waals surface area contributed by atoms with Crippen LogP contribution in [0.25, 0.3) is 0 Å². The highest BCUT2D eigenvalue weighted by Crippen LogP contribution is 2.00. The molecule has 0 bridgehead atoms. The van der Waals surface area contributed by atoms with Gasteiger partial charge < -0.3 is 15.0 Å². The van der Waals surface area contributed by atoms with E-state index in [0.717, 1.165) is 6.54 Å². The summed E-state index contributed by atoms with van der Waals surface area (Å²) in [6.07, 6.45) is 3.49. The van der Waals surface area contributed by atoms with Crippen LogP contribution in [-0.2, 0) is 11.3 Å². The minimum absolute atomic E-state index is 0.0553. The minimum Gasteiger partial charge on any atom is -0.481 e. The van der Waals surface area contributed by atoms with Crippen molar-refractivity contribution >= 4 is 11.9 Å². The van der Waals surface area contributed by atoms with E-state index in [1.807, 2.05) is 17.7 Å². The van der Waals surface area contributed by atoms with Crippen molar-refractivity contribution in [2.24, 2.45) is 0 Å². The quantitative estimate of drug-likeness (QED) is 0.752. The maximum Gasteiger partial charge on any atom is 0.305 e. The highest BCUT2D eigenvalue weighted by molar-refractivity contribution is 5.94. The molecule has 2 N–H and O–H groups in total. The number of carbonyl (C=O) groups is 2. The molecule has 1 heterocycles. The van der Waals surface area contributed by atoms with Crippen LogP contribution >= 0.6 is 0 Å². The van der Waals surface area contributed by atoms with Crippen molar-refractivity contribution in [3.05, 3.63) is 24.0 Å². The lowest BCUT2D eigenvalue weighted by atomic mass is 10.3. The molecule has 0 aliphatic carbocycles. The molecule has 1 amide bonds. The molecule has 82 valence electrons. The van der Waals surface area contributed by atoms with Gasteiger partial charge in [0.05, 0.1) is 12.0 Å². The number of aliphatic carboxylic acids is 1. The third-order valence-corrected chi connectivity index (χ3v) is 2.00. The Morgan fingerprint density at radius 3 is 2.80 bits per heavy atom. The lowest BCUT2D eigenvalue weighted by Crippen LogP contribution is -2.25. The Balaban J connectivity index is 2.43. The number of nitrogens with one attached hydrogen (secondary N) is 1. The van der Waals surface area contributed by atoms with Crippen LogP contribution in [-0.4, -0.2) is 28.1 Å². The fourth-order valence-corrected chi connectivity index (χ4v) is 1.16. The Morgan fingerprint density at radius 2 is 2.27 bits per heavy atom. The number of aryl methyl sites for hydroxylation is 1. The van der Waals surface area contributed by atoms with E-state index in [-0.39, 0.29) is 18.9 Å². The Hall–Kier alpha value is -1.78. The molecule has 1 aromatic rings. The van der Waals surface area contributed by atoms with Gasteiger partial charge in [-0.3, -0.25) is 9.59 Å². The number of nitrogens with zero attached hydrogens (tertiary/aromatic N) is 1. The molecule has 5 nitrogen and oxygen atoms in total. The van der Waals surface area contributed by atoms with Crippen molar-refractivity contribution in [1.29, 1.82) is 0 Å². The second-order valence-corrected chi connectivity index (χ2v) is 3.13. The fourth-order valence-electron chi connectivity index (χ4n) is 1.16. The highest BCUT2D eigenvalue weighted by atomic mass is 16.4. The molecule has 0 spiro atoms. The second kappa shape index (κ2) is 5.19.